The molecule has 1 aromatic heterocycles. The van der Waals surface area contributed by atoms with E-state index < -0.39 is 10.0 Å². The summed E-state index contributed by atoms with van der Waals surface area (Å²) in [5.74, 6) is -0.154. The lowest BCUT2D eigenvalue weighted by Gasteiger charge is -2.25. The molecule has 0 aliphatic carbocycles. The fourth-order valence-electron chi connectivity index (χ4n) is 2.97. The second-order valence-corrected chi connectivity index (χ2v) is 9.63. The molecule has 0 saturated carbocycles. The highest BCUT2D eigenvalue weighted by Gasteiger charge is 2.25. The molecule has 27 heavy (non-hydrogen) atoms. The minimum atomic E-state index is -3.45. The van der Waals surface area contributed by atoms with Gasteiger partial charge in [-0.1, -0.05) is 12.5 Å². The number of carbonyl (C=O) groups is 1. The molecule has 6 nitrogen and oxygen atoms in total. The number of sulfonamides is 1. The van der Waals surface area contributed by atoms with Gasteiger partial charge in [0, 0.05) is 30.2 Å². The molecule has 2 aromatic rings. The summed E-state index contributed by atoms with van der Waals surface area (Å²) in [6, 6.07) is 10.0. The van der Waals surface area contributed by atoms with Crippen LogP contribution >= 0.6 is 11.3 Å². The standard InChI is InChI=1S/C19H25N3O3S2/c1-15(20-14-17-6-5-13-26-17)19(23)21-16-7-9-18(10-8-16)27(24,25)22-11-3-2-4-12-22/h5-10,13,15,20H,2-4,11-12,14H2,1H3,(H,21,23). The van der Waals surface area contributed by atoms with E-state index in [-0.39, 0.29) is 16.8 Å². The van der Waals surface area contributed by atoms with Gasteiger partial charge < -0.3 is 10.6 Å². The molecule has 0 radical (unpaired) electrons. The molecule has 2 N–H and O–H groups in total. The number of nitrogens with one attached hydrogen (secondary N) is 2. The third kappa shape index (κ3) is 5.16. The number of amides is 1. The van der Waals surface area contributed by atoms with Gasteiger partial charge in [0.2, 0.25) is 15.9 Å². The van der Waals surface area contributed by atoms with Crippen molar-refractivity contribution in [2.75, 3.05) is 18.4 Å². The van der Waals surface area contributed by atoms with Crippen molar-refractivity contribution in [3.8, 4) is 0 Å². The Bertz CT molecular complexity index is 843. The summed E-state index contributed by atoms with van der Waals surface area (Å²) >= 11 is 1.64. The Balaban J connectivity index is 1.57. The average Bonchev–Trinajstić information content (AvgIpc) is 3.21. The Morgan fingerprint density at radius 3 is 2.48 bits per heavy atom. The zero-order valence-electron chi connectivity index (χ0n) is 15.3. The van der Waals surface area contributed by atoms with Crippen LogP contribution in [0.4, 0.5) is 5.69 Å². The van der Waals surface area contributed by atoms with E-state index in [0.717, 1.165) is 19.3 Å². The molecule has 0 bridgehead atoms. The Labute approximate surface area is 164 Å². The molecule has 3 rings (SSSR count). The number of thiophene rings is 1. The van der Waals surface area contributed by atoms with Gasteiger partial charge in [-0.2, -0.15) is 4.31 Å². The Kier molecular flexibility index (Phi) is 6.64. The summed E-state index contributed by atoms with van der Waals surface area (Å²) in [6.07, 6.45) is 2.89. The molecule has 2 heterocycles. The van der Waals surface area contributed by atoms with E-state index in [1.807, 2.05) is 17.5 Å². The highest BCUT2D eigenvalue weighted by molar-refractivity contribution is 7.89. The zero-order chi connectivity index (χ0) is 19.3. The highest BCUT2D eigenvalue weighted by atomic mass is 32.2. The molecule has 1 amide bonds. The first-order valence-electron chi connectivity index (χ1n) is 9.13. The topological polar surface area (TPSA) is 78.5 Å². The molecule has 1 saturated heterocycles. The van der Waals surface area contributed by atoms with Gasteiger partial charge in [-0.3, -0.25) is 4.79 Å². The van der Waals surface area contributed by atoms with E-state index in [4.69, 9.17) is 0 Å². The van der Waals surface area contributed by atoms with Gasteiger partial charge in [0.25, 0.3) is 0 Å². The quantitative estimate of drug-likeness (QED) is 0.739. The van der Waals surface area contributed by atoms with Gasteiger partial charge in [-0.05, 0) is 55.5 Å². The van der Waals surface area contributed by atoms with Crippen molar-refractivity contribution in [1.82, 2.24) is 9.62 Å². The predicted molar refractivity (Wildman–Crippen MR) is 108 cm³/mol. The SMILES string of the molecule is CC(NCc1cccs1)C(=O)Nc1ccc(S(=O)(=O)N2CCCCC2)cc1. The van der Waals surface area contributed by atoms with E-state index in [9.17, 15) is 13.2 Å². The van der Waals surface area contributed by atoms with Crippen molar-refractivity contribution < 1.29 is 13.2 Å². The number of rotatable bonds is 7. The van der Waals surface area contributed by atoms with Gasteiger partial charge in [-0.25, -0.2) is 8.42 Å². The van der Waals surface area contributed by atoms with Crippen LogP contribution in [0.25, 0.3) is 0 Å². The molecule has 146 valence electrons. The lowest BCUT2D eigenvalue weighted by molar-refractivity contribution is -0.117. The fraction of sp³-hybridized carbons (Fsp3) is 0.421. The summed E-state index contributed by atoms with van der Waals surface area (Å²) in [4.78, 5) is 13.7. The Morgan fingerprint density at radius 1 is 1.15 bits per heavy atom. The number of hydrogen-bond acceptors (Lipinski definition) is 5. The smallest absolute Gasteiger partial charge is 0.243 e. The lowest BCUT2D eigenvalue weighted by atomic mass is 10.2. The Hall–Kier alpha value is -1.74. The van der Waals surface area contributed by atoms with Crippen LogP contribution in [-0.2, 0) is 21.4 Å². The van der Waals surface area contributed by atoms with Crippen LogP contribution in [0, 0.1) is 0 Å². The summed E-state index contributed by atoms with van der Waals surface area (Å²) in [6.45, 7) is 3.60. The van der Waals surface area contributed by atoms with Crippen molar-refractivity contribution in [2.24, 2.45) is 0 Å². The molecule has 1 unspecified atom stereocenters. The maximum atomic E-state index is 12.7. The second-order valence-electron chi connectivity index (χ2n) is 6.66. The predicted octanol–water partition coefficient (Wildman–Crippen LogP) is 3.04. The number of anilines is 1. The van der Waals surface area contributed by atoms with E-state index >= 15 is 0 Å². The number of carbonyl (C=O) groups excluding carboxylic acids is 1. The number of piperidine rings is 1. The molecule has 1 aliphatic rings. The molecule has 1 aliphatic heterocycles. The summed E-state index contributed by atoms with van der Waals surface area (Å²) in [5.41, 5.74) is 0.586. The normalized spacial score (nSPS) is 16.8. The minimum Gasteiger partial charge on any atom is -0.325 e. The van der Waals surface area contributed by atoms with E-state index in [1.165, 1.54) is 4.88 Å². The summed E-state index contributed by atoms with van der Waals surface area (Å²) < 4.78 is 26.9. The van der Waals surface area contributed by atoms with Crippen molar-refractivity contribution >= 4 is 33.0 Å². The van der Waals surface area contributed by atoms with Crippen LogP contribution < -0.4 is 10.6 Å². The molecule has 1 aromatic carbocycles. The molecule has 1 fully saturated rings. The molecule has 1 atom stereocenters. The van der Waals surface area contributed by atoms with Gasteiger partial charge >= 0.3 is 0 Å². The second kappa shape index (κ2) is 8.97. The van der Waals surface area contributed by atoms with E-state index in [0.29, 0.717) is 25.3 Å². The average molecular weight is 408 g/mol. The van der Waals surface area contributed by atoms with Gasteiger partial charge in [0.15, 0.2) is 0 Å². The maximum absolute atomic E-state index is 12.7. The first kappa shape index (κ1) is 20.0. The van der Waals surface area contributed by atoms with E-state index in [2.05, 4.69) is 10.6 Å². The fourth-order valence-corrected chi connectivity index (χ4v) is 5.15. The molecular formula is C19H25N3O3S2. The first-order valence-corrected chi connectivity index (χ1v) is 11.5. The van der Waals surface area contributed by atoms with Crippen LogP contribution in [-0.4, -0.2) is 37.8 Å². The van der Waals surface area contributed by atoms with Crippen LogP contribution in [0.1, 0.15) is 31.1 Å². The van der Waals surface area contributed by atoms with Crippen LogP contribution in [0.2, 0.25) is 0 Å². The molecule has 0 spiro atoms. The number of benzene rings is 1. The van der Waals surface area contributed by atoms with Gasteiger partial charge in [0.05, 0.1) is 10.9 Å². The summed E-state index contributed by atoms with van der Waals surface area (Å²) in [5, 5.41) is 8.00. The van der Waals surface area contributed by atoms with Crippen LogP contribution in [0.5, 0.6) is 0 Å². The van der Waals surface area contributed by atoms with Gasteiger partial charge in [0.1, 0.15) is 0 Å². The lowest BCUT2D eigenvalue weighted by Crippen LogP contribution is -2.37. The Morgan fingerprint density at radius 2 is 1.85 bits per heavy atom. The minimum absolute atomic E-state index is 0.154. The van der Waals surface area contributed by atoms with Crippen LogP contribution in [0.3, 0.4) is 0 Å². The monoisotopic (exact) mass is 407 g/mol. The maximum Gasteiger partial charge on any atom is 0.243 e. The largest absolute Gasteiger partial charge is 0.325 e. The third-order valence-corrected chi connectivity index (χ3v) is 7.42. The number of nitrogens with zero attached hydrogens (tertiary/aromatic N) is 1. The molecule has 8 heteroatoms. The van der Waals surface area contributed by atoms with Crippen molar-refractivity contribution in [2.45, 2.75) is 43.7 Å². The van der Waals surface area contributed by atoms with Gasteiger partial charge in [-0.15, -0.1) is 11.3 Å². The number of hydrogen-bond donors (Lipinski definition) is 2. The summed E-state index contributed by atoms with van der Waals surface area (Å²) in [7, 11) is -3.45. The molecular weight excluding hydrogens is 382 g/mol. The first-order chi connectivity index (χ1) is 13.0. The third-order valence-electron chi connectivity index (χ3n) is 4.63. The van der Waals surface area contributed by atoms with E-state index in [1.54, 1.807) is 46.8 Å². The van der Waals surface area contributed by atoms with Crippen molar-refractivity contribution in [3.05, 3.63) is 46.7 Å². The van der Waals surface area contributed by atoms with Crippen LogP contribution in [0.15, 0.2) is 46.7 Å². The zero-order valence-corrected chi connectivity index (χ0v) is 17.0. The van der Waals surface area contributed by atoms with Crippen molar-refractivity contribution in [3.63, 3.8) is 0 Å². The highest BCUT2D eigenvalue weighted by Crippen LogP contribution is 2.22. The van der Waals surface area contributed by atoms with Crippen molar-refractivity contribution in [1.29, 1.82) is 0 Å².